The number of rotatable bonds is 7. The number of nitrogens with one attached hydrogen (secondary N) is 1. The second-order valence-electron chi connectivity index (χ2n) is 6.10. The molecule has 0 aromatic rings. The maximum atomic E-state index is 12.2. The van der Waals surface area contributed by atoms with Crippen LogP contribution in [0.2, 0.25) is 0 Å². The highest BCUT2D eigenvalue weighted by Crippen LogP contribution is 2.18. The quantitative estimate of drug-likeness (QED) is 0.695. The van der Waals surface area contributed by atoms with E-state index in [0.717, 1.165) is 32.4 Å². The molecule has 0 aliphatic carbocycles. The molecule has 122 valence electrons. The number of piperidine rings is 1. The first-order valence-corrected chi connectivity index (χ1v) is 7.92. The van der Waals surface area contributed by atoms with Crippen molar-refractivity contribution in [2.75, 3.05) is 39.8 Å². The highest BCUT2D eigenvalue weighted by atomic mass is 16.2. The van der Waals surface area contributed by atoms with Gasteiger partial charge in [-0.1, -0.05) is 6.92 Å². The molecule has 6 heteroatoms. The molecular weight excluding hydrogens is 268 g/mol. The molecule has 0 aromatic heterocycles. The second-order valence-corrected chi connectivity index (χ2v) is 6.10. The maximum absolute atomic E-state index is 12.2. The third-order valence-electron chi connectivity index (χ3n) is 4.02. The van der Waals surface area contributed by atoms with Gasteiger partial charge in [-0.05, 0) is 38.6 Å². The predicted octanol–water partition coefficient (Wildman–Crippen LogP) is 0.0302. The van der Waals surface area contributed by atoms with Crippen molar-refractivity contribution in [2.24, 2.45) is 11.7 Å². The monoisotopic (exact) mass is 298 g/mol. The molecule has 1 saturated heterocycles. The zero-order valence-electron chi connectivity index (χ0n) is 13.6. The Morgan fingerprint density at radius 2 is 2.19 bits per heavy atom. The summed E-state index contributed by atoms with van der Waals surface area (Å²) in [4.78, 5) is 27.4. The number of hydrogen-bond donors (Lipinski definition) is 2. The smallest absolute Gasteiger partial charge is 0.239 e. The zero-order valence-corrected chi connectivity index (χ0v) is 13.6. The summed E-state index contributed by atoms with van der Waals surface area (Å²) in [6, 6.07) is 0.167. The van der Waals surface area contributed by atoms with Gasteiger partial charge in [0.2, 0.25) is 11.8 Å². The van der Waals surface area contributed by atoms with E-state index in [1.165, 1.54) is 4.90 Å². The third kappa shape index (κ3) is 6.44. The molecule has 1 heterocycles. The van der Waals surface area contributed by atoms with Gasteiger partial charge in [-0.3, -0.25) is 14.5 Å². The molecule has 2 unspecified atom stereocenters. The first-order valence-electron chi connectivity index (χ1n) is 7.92. The van der Waals surface area contributed by atoms with Crippen molar-refractivity contribution >= 4 is 11.8 Å². The van der Waals surface area contributed by atoms with Crippen LogP contribution in [0.3, 0.4) is 0 Å². The van der Waals surface area contributed by atoms with E-state index in [4.69, 9.17) is 5.73 Å². The largest absolute Gasteiger partial charge is 0.355 e. The molecular formula is C15H30N4O2. The summed E-state index contributed by atoms with van der Waals surface area (Å²) < 4.78 is 0. The SMILES string of the molecule is CCCNC(=O)CN(C)C(=O)CN1CCCC(C(C)N)C1. The predicted molar refractivity (Wildman–Crippen MR) is 83.8 cm³/mol. The van der Waals surface area contributed by atoms with E-state index >= 15 is 0 Å². The van der Waals surface area contributed by atoms with Crippen LogP contribution in [-0.4, -0.2) is 67.4 Å². The van der Waals surface area contributed by atoms with Gasteiger partial charge < -0.3 is 16.0 Å². The first-order chi connectivity index (χ1) is 9.93. The van der Waals surface area contributed by atoms with Crippen LogP contribution in [0.25, 0.3) is 0 Å². The maximum Gasteiger partial charge on any atom is 0.239 e. The van der Waals surface area contributed by atoms with E-state index in [-0.39, 0.29) is 24.4 Å². The van der Waals surface area contributed by atoms with Crippen LogP contribution in [-0.2, 0) is 9.59 Å². The van der Waals surface area contributed by atoms with E-state index in [1.54, 1.807) is 7.05 Å². The number of carbonyl (C=O) groups excluding carboxylic acids is 2. The topological polar surface area (TPSA) is 78.7 Å². The molecule has 3 N–H and O–H groups in total. The minimum Gasteiger partial charge on any atom is -0.355 e. The van der Waals surface area contributed by atoms with Crippen molar-refractivity contribution in [2.45, 2.75) is 39.2 Å². The Bertz CT molecular complexity index is 347. The Labute approximate surface area is 128 Å². The number of nitrogens with two attached hydrogens (primary N) is 1. The van der Waals surface area contributed by atoms with Crippen molar-refractivity contribution in [3.63, 3.8) is 0 Å². The van der Waals surface area contributed by atoms with Gasteiger partial charge >= 0.3 is 0 Å². The van der Waals surface area contributed by atoms with Gasteiger partial charge in [-0.15, -0.1) is 0 Å². The van der Waals surface area contributed by atoms with Gasteiger partial charge in [-0.2, -0.15) is 0 Å². The molecule has 1 aliphatic rings. The van der Waals surface area contributed by atoms with Crippen molar-refractivity contribution in [1.82, 2.24) is 15.1 Å². The van der Waals surface area contributed by atoms with Gasteiger partial charge in [0.1, 0.15) is 0 Å². The summed E-state index contributed by atoms with van der Waals surface area (Å²) in [6.07, 6.45) is 3.12. The summed E-state index contributed by atoms with van der Waals surface area (Å²) in [5, 5.41) is 2.78. The molecule has 1 fully saturated rings. The lowest BCUT2D eigenvalue weighted by Gasteiger charge is -2.34. The van der Waals surface area contributed by atoms with E-state index in [2.05, 4.69) is 10.2 Å². The lowest BCUT2D eigenvalue weighted by molar-refractivity contribution is -0.136. The molecule has 0 aromatic carbocycles. The molecule has 0 radical (unpaired) electrons. The van der Waals surface area contributed by atoms with Crippen LogP contribution in [0.4, 0.5) is 0 Å². The molecule has 6 nitrogen and oxygen atoms in total. The highest BCUT2D eigenvalue weighted by molar-refractivity contribution is 5.85. The Morgan fingerprint density at radius 3 is 2.81 bits per heavy atom. The van der Waals surface area contributed by atoms with Gasteiger partial charge in [0.25, 0.3) is 0 Å². The standard InChI is InChI=1S/C15H30N4O2/c1-4-7-17-14(20)10-18(3)15(21)11-19-8-5-6-13(9-19)12(2)16/h12-13H,4-11,16H2,1-3H3,(H,17,20). The molecule has 21 heavy (non-hydrogen) atoms. The van der Waals surface area contributed by atoms with Crippen LogP contribution in [0.15, 0.2) is 0 Å². The minimum absolute atomic E-state index is 0.00743. The van der Waals surface area contributed by atoms with E-state index < -0.39 is 0 Å². The van der Waals surface area contributed by atoms with E-state index in [0.29, 0.717) is 19.0 Å². The summed E-state index contributed by atoms with van der Waals surface area (Å²) in [5.74, 6) is 0.358. The Hall–Kier alpha value is -1.14. The number of carbonyl (C=O) groups is 2. The fourth-order valence-electron chi connectivity index (χ4n) is 2.60. The van der Waals surface area contributed by atoms with Gasteiger partial charge in [0.05, 0.1) is 13.1 Å². The summed E-state index contributed by atoms with van der Waals surface area (Å²) in [6.45, 7) is 7.00. The fraction of sp³-hybridized carbons (Fsp3) is 0.867. The second kappa shape index (κ2) is 9.00. The third-order valence-corrected chi connectivity index (χ3v) is 4.02. The van der Waals surface area contributed by atoms with Crippen molar-refractivity contribution in [3.05, 3.63) is 0 Å². The number of likely N-dealkylation sites (N-methyl/N-ethyl adjacent to an activating group) is 1. The van der Waals surface area contributed by atoms with Gasteiger partial charge in [0.15, 0.2) is 0 Å². The highest BCUT2D eigenvalue weighted by Gasteiger charge is 2.25. The van der Waals surface area contributed by atoms with Crippen molar-refractivity contribution in [3.8, 4) is 0 Å². The lowest BCUT2D eigenvalue weighted by atomic mass is 9.92. The number of hydrogen-bond acceptors (Lipinski definition) is 4. The van der Waals surface area contributed by atoms with Crippen LogP contribution in [0.5, 0.6) is 0 Å². The van der Waals surface area contributed by atoms with Crippen LogP contribution in [0, 0.1) is 5.92 Å². The zero-order chi connectivity index (χ0) is 15.8. The summed E-state index contributed by atoms with van der Waals surface area (Å²) in [5.41, 5.74) is 5.96. The van der Waals surface area contributed by atoms with E-state index in [1.807, 2.05) is 13.8 Å². The number of likely N-dealkylation sites (tertiary alicyclic amines) is 1. The van der Waals surface area contributed by atoms with Gasteiger partial charge in [-0.25, -0.2) is 0 Å². The molecule has 2 atom stereocenters. The van der Waals surface area contributed by atoms with Crippen LogP contribution in [0.1, 0.15) is 33.1 Å². The molecule has 0 bridgehead atoms. The molecule has 0 saturated carbocycles. The lowest BCUT2D eigenvalue weighted by Crippen LogP contribution is -2.48. The normalized spacial score (nSPS) is 20.9. The van der Waals surface area contributed by atoms with Crippen molar-refractivity contribution < 1.29 is 9.59 Å². The number of nitrogens with zero attached hydrogens (tertiary/aromatic N) is 2. The molecule has 0 spiro atoms. The van der Waals surface area contributed by atoms with Crippen LogP contribution >= 0.6 is 0 Å². The van der Waals surface area contributed by atoms with Gasteiger partial charge in [0, 0.05) is 26.2 Å². The average Bonchev–Trinajstić information content (AvgIpc) is 2.45. The molecule has 2 amide bonds. The summed E-state index contributed by atoms with van der Waals surface area (Å²) >= 11 is 0. The molecule has 1 aliphatic heterocycles. The first kappa shape index (κ1) is 17.9. The fourth-order valence-corrected chi connectivity index (χ4v) is 2.60. The number of amides is 2. The molecule has 1 rings (SSSR count). The summed E-state index contributed by atoms with van der Waals surface area (Å²) in [7, 11) is 1.68. The Balaban J connectivity index is 2.36. The van der Waals surface area contributed by atoms with E-state index in [9.17, 15) is 9.59 Å². The minimum atomic E-state index is -0.0974. The average molecular weight is 298 g/mol. The Kier molecular flexibility index (Phi) is 7.67. The van der Waals surface area contributed by atoms with Crippen molar-refractivity contribution in [1.29, 1.82) is 0 Å². The van der Waals surface area contributed by atoms with Crippen LogP contribution < -0.4 is 11.1 Å². The Morgan fingerprint density at radius 1 is 1.48 bits per heavy atom.